The number of hydrogen-bond donors (Lipinski definition) is 2. The molecule has 114 valence electrons. The summed E-state index contributed by atoms with van der Waals surface area (Å²) in [5.41, 5.74) is 1.51. The van der Waals surface area contributed by atoms with Gasteiger partial charge in [-0.3, -0.25) is 4.79 Å². The average molecular weight is 288 g/mol. The third-order valence-corrected chi connectivity index (χ3v) is 4.60. The fourth-order valence-electron chi connectivity index (χ4n) is 2.67. The van der Waals surface area contributed by atoms with Crippen LogP contribution in [0.2, 0.25) is 0 Å². The second-order valence-electron chi connectivity index (χ2n) is 5.72. The van der Waals surface area contributed by atoms with Crippen LogP contribution in [0, 0.1) is 5.41 Å². The van der Waals surface area contributed by atoms with Crippen LogP contribution in [0.5, 0.6) is 0 Å². The molecule has 1 aromatic heterocycles. The van der Waals surface area contributed by atoms with Crippen molar-refractivity contribution < 1.29 is 9.90 Å². The number of aliphatic hydroxyl groups excluding tert-OH is 1. The molecule has 2 rings (SSSR count). The minimum Gasteiger partial charge on any atom is -0.396 e. The smallest absolute Gasteiger partial charge is 0.253 e. The predicted molar refractivity (Wildman–Crippen MR) is 85.4 cm³/mol. The first-order valence-electron chi connectivity index (χ1n) is 7.50. The van der Waals surface area contributed by atoms with Gasteiger partial charge in [-0.05, 0) is 18.9 Å². The predicted octanol–water partition coefficient (Wildman–Crippen LogP) is 2.71. The largest absolute Gasteiger partial charge is 0.396 e. The summed E-state index contributed by atoms with van der Waals surface area (Å²) < 4.78 is 1.96. The van der Waals surface area contributed by atoms with Gasteiger partial charge in [0.15, 0.2) is 0 Å². The lowest BCUT2D eigenvalue weighted by Crippen LogP contribution is -2.39. The molecule has 1 amide bonds. The molecule has 1 aromatic carbocycles. The molecule has 0 unspecified atom stereocenters. The first kappa shape index (κ1) is 15.6. The summed E-state index contributed by atoms with van der Waals surface area (Å²) in [6, 6.07) is 7.87. The Kier molecular flexibility index (Phi) is 4.68. The van der Waals surface area contributed by atoms with Gasteiger partial charge in [-0.15, -0.1) is 0 Å². The molecule has 21 heavy (non-hydrogen) atoms. The fraction of sp³-hybridized carbons (Fsp3) is 0.471. The Morgan fingerprint density at radius 3 is 2.57 bits per heavy atom. The molecule has 0 aliphatic carbocycles. The van der Waals surface area contributed by atoms with Crippen molar-refractivity contribution in [3.8, 4) is 0 Å². The van der Waals surface area contributed by atoms with Crippen LogP contribution >= 0.6 is 0 Å². The first-order chi connectivity index (χ1) is 10.1. The second kappa shape index (κ2) is 6.31. The molecule has 4 heteroatoms. The highest BCUT2D eigenvalue weighted by Crippen LogP contribution is 2.25. The van der Waals surface area contributed by atoms with Gasteiger partial charge < -0.3 is 15.0 Å². The van der Waals surface area contributed by atoms with Crippen molar-refractivity contribution in [1.82, 2.24) is 9.88 Å². The van der Waals surface area contributed by atoms with E-state index < -0.39 is 0 Å². The Morgan fingerprint density at radius 2 is 1.95 bits per heavy atom. The molecule has 0 saturated carbocycles. The van der Waals surface area contributed by atoms with Crippen molar-refractivity contribution in [3.05, 3.63) is 36.0 Å². The van der Waals surface area contributed by atoms with Crippen LogP contribution in [0.4, 0.5) is 0 Å². The molecular formula is C17H24N2O2. The molecule has 4 nitrogen and oxygen atoms in total. The molecule has 0 atom stereocenters. The highest BCUT2D eigenvalue weighted by Gasteiger charge is 2.26. The van der Waals surface area contributed by atoms with Crippen LogP contribution in [0.25, 0.3) is 10.9 Å². The number of aryl methyl sites for hydroxylation is 1. The Morgan fingerprint density at radius 1 is 1.29 bits per heavy atom. The number of aromatic nitrogens is 1. The molecule has 2 aromatic rings. The molecule has 0 aliphatic rings. The van der Waals surface area contributed by atoms with Crippen molar-refractivity contribution in [1.29, 1.82) is 0 Å². The van der Waals surface area contributed by atoms with E-state index in [0.717, 1.165) is 23.7 Å². The highest BCUT2D eigenvalue weighted by atomic mass is 16.3. The van der Waals surface area contributed by atoms with Crippen LogP contribution in [-0.4, -0.2) is 28.7 Å². The van der Waals surface area contributed by atoms with Crippen LogP contribution < -0.4 is 5.32 Å². The number of fused-ring (bicyclic) bond motifs is 1. The third kappa shape index (κ3) is 2.95. The summed E-state index contributed by atoms with van der Waals surface area (Å²) in [6.45, 7) is 4.68. The van der Waals surface area contributed by atoms with E-state index in [1.807, 2.05) is 55.9 Å². The van der Waals surface area contributed by atoms with Crippen molar-refractivity contribution in [3.63, 3.8) is 0 Å². The van der Waals surface area contributed by atoms with Crippen molar-refractivity contribution in [2.24, 2.45) is 12.5 Å². The summed E-state index contributed by atoms with van der Waals surface area (Å²) in [6.07, 6.45) is 3.55. The lowest BCUT2D eigenvalue weighted by Gasteiger charge is -2.29. The Bertz CT molecular complexity index is 618. The summed E-state index contributed by atoms with van der Waals surface area (Å²) in [4.78, 5) is 12.5. The standard InChI is InChI=1S/C17H24N2O2/c1-4-17(5-2,12-20)11-18-16(21)14-10-19(3)15-9-7-6-8-13(14)15/h6-10,20H,4-5,11-12H2,1-3H3,(H,18,21). The number of benzene rings is 1. The summed E-state index contributed by atoms with van der Waals surface area (Å²) in [5, 5.41) is 13.5. The van der Waals surface area contributed by atoms with Gasteiger partial charge in [-0.1, -0.05) is 32.0 Å². The van der Waals surface area contributed by atoms with Gasteiger partial charge >= 0.3 is 0 Å². The zero-order valence-electron chi connectivity index (χ0n) is 13.0. The van der Waals surface area contributed by atoms with Gasteiger partial charge in [0.05, 0.1) is 12.2 Å². The quantitative estimate of drug-likeness (QED) is 0.858. The van der Waals surface area contributed by atoms with Crippen molar-refractivity contribution >= 4 is 16.8 Å². The maximum atomic E-state index is 12.5. The molecule has 0 fully saturated rings. The monoisotopic (exact) mass is 288 g/mol. The lowest BCUT2D eigenvalue weighted by atomic mass is 9.83. The number of amides is 1. The molecule has 0 radical (unpaired) electrons. The van der Waals surface area contributed by atoms with Gasteiger partial charge in [0, 0.05) is 36.1 Å². The van der Waals surface area contributed by atoms with Gasteiger partial charge in [0.2, 0.25) is 0 Å². The van der Waals surface area contributed by atoms with Crippen molar-refractivity contribution in [2.45, 2.75) is 26.7 Å². The minimum atomic E-state index is -0.222. The molecular weight excluding hydrogens is 264 g/mol. The Balaban J connectivity index is 2.20. The number of rotatable bonds is 6. The van der Waals surface area contributed by atoms with E-state index in [-0.39, 0.29) is 17.9 Å². The SMILES string of the molecule is CCC(CC)(CO)CNC(=O)c1cn(C)c2ccccc12. The maximum Gasteiger partial charge on any atom is 0.253 e. The topological polar surface area (TPSA) is 54.3 Å². The number of carbonyl (C=O) groups is 1. The van der Waals surface area contributed by atoms with E-state index in [2.05, 4.69) is 5.32 Å². The van der Waals surface area contributed by atoms with E-state index in [1.165, 1.54) is 0 Å². The van der Waals surface area contributed by atoms with E-state index in [4.69, 9.17) is 0 Å². The molecule has 1 heterocycles. The summed E-state index contributed by atoms with van der Waals surface area (Å²) in [5.74, 6) is -0.0773. The molecule has 0 aliphatic heterocycles. The van der Waals surface area contributed by atoms with Crippen LogP contribution in [-0.2, 0) is 7.05 Å². The molecule has 2 N–H and O–H groups in total. The van der Waals surface area contributed by atoms with Gasteiger partial charge in [0.25, 0.3) is 5.91 Å². The zero-order chi connectivity index (χ0) is 15.5. The fourth-order valence-corrected chi connectivity index (χ4v) is 2.67. The van der Waals surface area contributed by atoms with E-state index in [1.54, 1.807) is 0 Å². The molecule has 0 bridgehead atoms. The van der Waals surface area contributed by atoms with Gasteiger partial charge in [0.1, 0.15) is 0 Å². The number of aliphatic hydroxyl groups is 1. The van der Waals surface area contributed by atoms with E-state index in [9.17, 15) is 9.90 Å². The first-order valence-corrected chi connectivity index (χ1v) is 7.50. The van der Waals surface area contributed by atoms with Crippen LogP contribution in [0.3, 0.4) is 0 Å². The average Bonchev–Trinajstić information content (AvgIpc) is 2.87. The van der Waals surface area contributed by atoms with Gasteiger partial charge in [-0.25, -0.2) is 0 Å². The highest BCUT2D eigenvalue weighted by molar-refractivity contribution is 6.06. The van der Waals surface area contributed by atoms with Crippen LogP contribution in [0.1, 0.15) is 37.0 Å². The van der Waals surface area contributed by atoms with Crippen LogP contribution in [0.15, 0.2) is 30.5 Å². The summed E-state index contributed by atoms with van der Waals surface area (Å²) >= 11 is 0. The zero-order valence-corrected chi connectivity index (χ0v) is 13.0. The molecule has 0 spiro atoms. The van der Waals surface area contributed by atoms with E-state index in [0.29, 0.717) is 12.1 Å². The summed E-state index contributed by atoms with van der Waals surface area (Å²) in [7, 11) is 1.94. The minimum absolute atomic E-state index is 0.0773. The number of para-hydroxylation sites is 1. The second-order valence-corrected chi connectivity index (χ2v) is 5.72. The van der Waals surface area contributed by atoms with Gasteiger partial charge in [-0.2, -0.15) is 0 Å². The third-order valence-electron chi connectivity index (χ3n) is 4.60. The van der Waals surface area contributed by atoms with E-state index >= 15 is 0 Å². The number of nitrogens with one attached hydrogen (secondary N) is 1. The normalized spacial score (nSPS) is 11.8. The number of nitrogens with zero attached hydrogens (tertiary/aromatic N) is 1. The number of hydrogen-bond acceptors (Lipinski definition) is 2. The van der Waals surface area contributed by atoms with Crippen molar-refractivity contribution in [2.75, 3.05) is 13.2 Å². The molecule has 0 saturated heterocycles. The maximum absolute atomic E-state index is 12.5. The Labute approximate surface area is 125 Å². The lowest BCUT2D eigenvalue weighted by molar-refractivity contribution is 0.0852. The Hall–Kier alpha value is -1.81. The number of carbonyl (C=O) groups excluding carboxylic acids is 1.